The number of ether oxygens (including phenoxy) is 1. The van der Waals surface area contributed by atoms with Crippen LogP contribution in [0.2, 0.25) is 0 Å². The van der Waals surface area contributed by atoms with Gasteiger partial charge in [0.25, 0.3) is 5.69 Å². The van der Waals surface area contributed by atoms with Crippen molar-refractivity contribution in [3.8, 4) is 0 Å². The molecule has 1 aromatic carbocycles. The summed E-state index contributed by atoms with van der Waals surface area (Å²) in [6.45, 7) is 6.22. The van der Waals surface area contributed by atoms with Crippen molar-refractivity contribution in [3.05, 3.63) is 39.9 Å². The molecule has 1 aromatic rings. The van der Waals surface area contributed by atoms with Crippen LogP contribution in [0.25, 0.3) is 0 Å². The molecule has 0 saturated heterocycles. The van der Waals surface area contributed by atoms with Crippen LogP contribution in [0.4, 0.5) is 5.69 Å². The van der Waals surface area contributed by atoms with Crippen molar-refractivity contribution in [1.82, 2.24) is 5.32 Å². The number of hydrogen-bond acceptors (Lipinski definition) is 4. The number of nitro benzene ring substituents is 1. The molecule has 0 saturated carbocycles. The van der Waals surface area contributed by atoms with Gasteiger partial charge in [-0.05, 0) is 26.3 Å². The molecule has 19 heavy (non-hydrogen) atoms. The molecule has 5 heteroatoms. The molecule has 106 valence electrons. The minimum Gasteiger partial charge on any atom is -0.382 e. The smallest absolute Gasteiger partial charge is 0.272 e. The van der Waals surface area contributed by atoms with Crippen LogP contribution < -0.4 is 5.32 Å². The van der Waals surface area contributed by atoms with Gasteiger partial charge < -0.3 is 10.1 Å². The van der Waals surface area contributed by atoms with E-state index in [9.17, 15) is 10.1 Å². The third-order valence-electron chi connectivity index (χ3n) is 2.96. The minimum absolute atomic E-state index is 0.196. The lowest BCUT2D eigenvalue weighted by molar-refractivity contribution is -0.385. The van der Waals surface area contributed by atoms with Crippen LogP contribution in [0.15, 0.2) is 24.3 Å². The highest BCUT2D eigenvalue weighted by Gasteiger charge is 2.16. The lowest BCUT2D eigenvalue weighted by Crippen LogP contribution is -2.32. The fraction of sp³-hybridized carbons (Fsp3) is 0.571. The van der Waals surface area contributed by atoms with E-state index < -0.39 is 0 Å². The first-order chi connectivity index (χ1) is 9.19. The summed E-state index contributed by atoms with van der Waals surface area (Å²) in [5.74, 6) is 0. The summed E-state index contributed by atoms with van der Waals surface area (Å²) in [5, 5.41) is 14.3. The molecule has 0 heterocycles. The van der Waals surface area contributed by atoms with E-state index in [1.807, 2.05) is 26.0 Å². The van der Waals surface area contributed by atoms with Gasteiger partial charge in [-0.2, -0.15) is 0 Å². The van der Waals surface area contributed by atoms with Crippen molar-refractivity contribution >= 4 is 5.69 Å². The SMILES string of the molecule is CCNC(CCOCC)Cc1ccccc1[N+](=O)[O-]. The molecule has 1 rings (SSSR count). The van der Waals surface area contributed by atoms with Gasteiger partial charge >= 0.3 is 0 Å². The van der Waals surface area contributed by atoms with E-state index in [1.165, 1.54) is 0 Å². The largest absolute Gasteiger partial charge is 0.382 e. The zero-order valence-electron chi connectivity index (χ0n) is 11.6. The third-order valence-corrected chi connectivity index (χ3v) is 2.96. The number of hydrogen-bond donors (Lipinski definition) is 1. The van der Waals surface area contributed by atoms with Gasteiger partial charge in [0.2, 0.25) is 0 Å². The summed E-state index contributed by atoms with van der Waals surface area (Å²) in [6, 6.07) is 7.12. The lowest BCUT2D eigenvalue weighted by atomic mass is 10.0. The van der Waals surface area contributed by atoms with Gasteiger partial charge in [0.05, 0.1) is 4.92 Å². The molecule has 0 aliphatic carbocycles. The number of likely N-dealkylation sites (N-methyl/N-ethyl adjacent to an activating group) is 1. The normalized spacial score (nSPS) is 12.3. The first-order valence-electron chi connectivity index (χ1n) is 6.72. The number of nitro groups is 1. The summed E-state index contributed by atoms with van der Waals surface area (Å²) in [6.07, 6.45) is 1.51. The third kappa shape index (κ3) is 5.36. The van der Waals surface area contributed by atoms with Crippen LogP contribution in [0.5, 0.6) is 0 Å². The minimum atomic E-state index is -0.319. The number of nitrogens with one attached hydrogen (secondary N) is 1. The molecule has 0 spiro atoms. The van der Waals surface area contributed by atoms with E-state index >= 15 is 0 Å². The van der Waals surface area contributed by atoms with Gasteiger partial charge in [0, 0.05) is 30.9 Å². The fourth-order valence-corrected chi connectivity index (χ4v) is 2.06. The highest BCUT2D eigenvalue weighted by atomic mass is 16.6. The van der Waals surface area contributed by atoms with Crippen molar-refractivity contribution in [2.24, 2.45) is 0 Å². The number of nitrogens with zero attached hydrogens (tertiary/aromatic N) is 1. The molecule has 0 aliphatic heterocycles. The standard InChI is InChI=1S/C14H22N2O3/c1-3-15-13(9-10-19-4-2)11-12-7-5-6-8-14(12)16(17)18/h5-8,13,15H,3-4,9-11H2,1-2H3. The van der Waals surface area contributed by atoms with Crippen molar-refractivity contribution in [2.45, 2.75) is 32.7 Å². The predicted octanol–water partition coefficient (Wildman–Crippen LogP) is 2.54. The van der Waals surface area contributed by atoms with E-state index in [-0.39, 0.29) is 16.7 Å². The Kier molecular flexibility index (Phi) is 7.07. The van der Waals surface area contributed by atoms with Crippen LogP contribution in [0.1, 0.15) is 25.8 Å². The second kappa shape index (κ2) is 8.61. The highest BCUT2D eigenvalue weighted by Crippen LogP contribution is 2.19. The van der Waals surface area contributed by atoms with Crippen LogP contribution in [-0.4, -0.2) is 30.7 Å². The summed E-state index contributed by atoms with van der Waals surface area (Å²) < 4.78 is 5.35. The van der Waals surface area contributed by atoms with Crippen LogP contribution in [-0.2, 0) is 11.2 Å². The Morgan fingerprint density at radius 2 is 2.11 bits per heavy atom. The first kappa shape index (κ1) is 15.6. The van der Waals surface area contributed by atoms with Crippen molar-refractivity contribution < 1.29 is 9.66 Å². The van der Waals surface area contributed by atoms with Gasteiger partial charge in [-0.3, -0.25) is 10.1 Å². The molecule has 0 amide bonds. The topological polar surface area (TPSA) is 64.4 Å². The Labute approximate surface area is 114 Å². The summed E-state index contributed by atoms with van der Waals surface area (Å²) in [7, 11) is 0. The van der Waals surface area contributed by atoms with Gasteiger partial charge in [-0.25, -0.2) is 0 Å². The summed E-state index contributed by atoms with van der Waals surface area (Å²) >= 11 is 0. The Morgan fingerprint density at radius 3 is 2.74 bits per heavy atom. The molecular formula is C14H22N2O3. The zero-order chi connectivity index (χ0) is 14.1. The maximum absolute atomic E-state index is 11.0. The maximum atomic E-state index is 11.0. The molecule has 5 nitrogen and oxygen atoms in total. The molecule has 0 aromatic heterocycles. The van der Waals surface area contributed by atoms with E-state index in [4.69, 9.17) is 4.74 Å². The zero-order valence-corrected chi connectivity index (χ0v) is 11.6. The molecule has 1 atom stereocenters. The Hall–Kier alpha value is -1.46. The van der Waals surface area contributed by atoms with Gasteiger partial charge in [0.15, 0.2) is 0 Å². The van der Waals surface area contributed by atoms with E-state index in [0.29, 0.717) is 19.6 Å². The number of rotatable bonds is 9. The average Bonchev–Trinajstić information content (AvgIpc) is 2.39. The quantitative estimate of drug-likeness (QED) is 0.424. The van der Waals surface area contributed by atoms with E-state index in [0.717, 1.165) is 18.5 Å². The molecule has 0 bridgehead atoms. The Bertz CT molecular complexity index is 396. The molecule has 1 unspecified atom stereocenters. The molecule has 0 radical (unpaired) electrons. The summed E-state index contributed by atoms with van der Waals surface area (Å²) in [4.78, 5) is 10.7. The monoisotopic (exact) mass is 266 g/mol. The number of benzene rings is 1. The Morgan fingerprint density at radius 1 is 1.37 bits per heavy atom. The maximum Gasteiger partial charge on any atom is 0.272 e. The van der Waals surface area contributed by atoms with E-state index in [1.54, 1.807) is 12.1 Å². The Balaban J connectivity index is 2.69. The van der Waals surface area contributed by atoms with Gasteiger partial charge in [-0.1, -0.05) is 25.1 Å². The van der Waals surface area contributed by atoms with E-state index in [2.05, 4.69) is 5.32 Å². The van der Waals surface area contributed by atoms with Crippen LogP contribution in [0.3, 0.4) is 0 Å². The molecule has 1 N–H and O–H groups in total. The van der Waals surface area contributed by atoms with Gasteiger partial charge in [-0.15, -0.1) is 0 Å². The summed E-state index contributed by atoms with van der Waals surface area (Å²) in [5.41, 5.74) is 0.969. The average molecular weight is 266 g/mol. The second-order valence-electron chi connectivity index (χ2n) is 4.33. The van der Waals surface area contributed by atoms with Crippen molar-refractivity contribution in [1.29, 1.82) is 0 Å². The molecular weight excluding hydrogens is 244 g/mol. The van der Waals surface area contributed by atoms with Gasteiger partial charge in [0.1, 0.15) is 0 Å². The first-order valence-corrected chi connectivity index (χ1v) is 6.72. The van der Waals surface area contributed by atoms with Crippen LogP contribution in [0, 0.1) is 10.1 Å². The second-order valence-corrected chi connectivity index (χ2v) is 4.33. The highest BCUT2D eigenvalue weighted by molar-refractivity contribution is 5.40. The van der Waals surface area contributed by atoms with Crippen molar-refractivity contribution in [3.63, 3.8) is 0 Å². The molecule has 0 fully saturated rings. The van der Waals surface area contributed by atoms with Crippen LogP contribution >= 0.6 is 0 Å². The lowest BCUT2D eigenvalue weighted by Gasteiger charge is -2.17. The predicted molar refractivity (Wildman–Crippen MR) is 75.4 cm³/mol. The molecule has 0 aliphatic rings. The van der Waals surface area contributed by atoms with Crippen molar-refractivity contribution in [2.75, 3.05) is 19.8 Å². The fourth-order valence-electron chi connectivity index (χ4n) is 2.06. The number of para-hydroxylation sites is 1.